The number of sulfonamides is 1. The summed E-state index contributed by atoms with van der Waals surface area (Å²) in [5.41, 5.74) is 1.56. The topological polar surface area (TPSA) is 60.9 Å². The molecule has 7 heteroatoms. The standard InChI is InChI=1S/C24H31N3O3S/c1-19-15-20(2)18-26(17-19)24(28)21-7-6-10-23(16-21)31(29,30)27-13-11-25(12-14-27)22-8-4-3-5-9-22/h3-10,16,19-20H,11-15,17-18H2,1-2H3. The molecule has 2 unspecified atom stereocenters. The van der Waals surface area contributed by atoms with Gasteiger partial charge >= 0.3 is 0 Å². The zero-order valence-electron chi connectivity index (χ0n) is 18.3. The molecule has 1 amide bonds. The molecule has 2 aliphatic rings. The van der Waals surface area contributed by atoms with E-state index in [-0.39, 0.29) is 10.8 Å². The fourth-order valence-electron chi connectivity index (χ4n) is 4.78. The van der Waals surface area contributed by atoms with Crippen molar-refractivity contribution in [3.05, 3.63) is 60.2 Å². The van der Waals surface area contributed by atoms with Crippen LogP contribution in [0.1, 0.15) is 30.6 Å². The summed E-state index contributed by atoms with van der Waals surface area (Å²) in [5, 5.41) is 0. The van der Waals surface area contributed by atoms with E-state index in [1.54, 1.807) is 24.3 Å². The predicted octanol–water partition coefficient (Wildman–Crippen LogP) is 3.32. The van der Waals surface area contributed by atoms with Gasteiger partial charge in [-0.25, -0.2) is 8.42 Å². The number of benzene rings is 2. The number of hydrogen-bond acceptors (Lipinski definition) is 4. The van der Waals surface area contributed by atoms with E-state index in [9.17, 15) is 13.2 Å². The molecule has 2 heterocycles. The number of rotatable bonds is 4. The average Bonchev–Trinajstić information content (AvgIpc) is 2.79. The molecule has 2 saturated heterocycles. The maximum absolute atomic E-state index is 13.3. The highest BCUT2D eigenvalue weighted by atomic mass is 32.2. The summed E-state index contributed by atoms with van der Waals surface area (Å²) in [5.74, 6) is 0.838. The van der Waals surface area contributed by atoms with Gasteiger partial charge in [0.1, 0.15) is 0 Å². The van der Waals surface area contributed by atoms with Crippen molar-refractivity contribution < 1.29 is 13.2 Å². The van der Waals surface area contributed by atoms with Crippen molar-refractivity contribution in [3.63, 3.8) is 0 Å². The van der Waals surface area contributed by atoms with E-state index in [0.29, 0.717) is 43.6 Å². The molecule has 0 radical (unpaired) electrons. The number of likely N-dealkylation sites (tertiary alicyclic amines) is 1. The van der Waals surface area contributed by atoms with Gasteiger partial charge < -0.3 is 9.80 Å². The van der Waals surface area contributed by atoms with Gasteiger partial charge in [0.15, 0.2) is 0 Å². The fraction of sp³-hybridized carbons (Fsp3) is 0.458. The van der Waals surface area contributed by atoms with Crippen LogP contribution >= 0.6 is 0 Å². The third kappa shape index (κ3) is 4.77. The number of nitrogens with zero attached hydrogens (tertiary/aromatic N) is 3. The van der Waals surface area contributed by atoms with Gasteiger partial charge in [0.2, 0.25) is 10.0 Å². The third-order valence-electron chi connectivity index (χ3n) is 6.23. The predicted molar refractivity (Wildman–Crippen MR) is 123 cm³/mol. The first-order valence-corrected chi connectivity index (χ1v) is 12.5. The third-order valence-corrected chi connectivity index (χ3v) is 8.13. The van der Waals surface area contributed by atoms with Crippen molar-refractivity contribution >= 4 is 21.6 Å². The van der Waals surface area contributed by atoms with Gasteiger partial charge in [-0.15, -0.1) is 0 Å². The Hall–Kier alpha value is -2.38. The number of carbonyl (C=O) groups excluding carboxylic acids is 1. The molecule has 31 heavy (non-hydrogen) atoms. The number of para-hydroxylation sites is 1. The quantitative estimate of drug-likeness (QED) is 0.730. The van der Waals surface area contributed by atoms with Crippen molar-refractivity contribution in [2.24, 2.45) is 11.8 Å². The molecule has 0 N–H and O–H groups in total. The zero-order chi connectivity index (χ0) is 22.0. The maximum Gasteiger partial charge on any atom is 0.253 e. The van der Waals surface area contributed by atoms with E-state index in [2.05, 4.69) is 18.7 Å². The Morgan fingerprint density at radius 2 is 1.52 bits per heavy atom. The van der Waals surface area contributed by atoms with Crippen LogP contribution in [0.25, 0.3) is 0 Å². The molecule has 2 fully saturated rings. The molecule has 2 atom stereocenters. The number of piperidine rings is 1. The summed E-state index contributed by atoms with van der Waals surface area (Å²) in [6, 6.07) is 16.6. The maximum atomic E-state index is 13.3. The molecule has 6 nitrogen and oxygen atoms in total. The van der Waals surface area contributed by atoms with Crippen LogP contribution in [-0.4, -0.2) is 62.8 Å². The lowest BCUT2D eigenvalue weighted by Gasteiger charge is -2.36. The molecule has 0 aromatic heterocycles. The molecular weight excluding hydrogens is 410 g/mol. The highest BCUT2D eigenvalue weighted by molar-refractivity contribution is 7.89. The van der Waals surface area contributed by atoms with E-state index < -0.39 is 10.0 Å². The number of carbonyl (C=O) groups is 1. The Balaban J connectivity index is 1.47. The van der Waals surface area contributed by atoms with Gasteiger partial charge in [-0.2, -0.15) is 4.31 Å². The van der Waals surface area contributed by atoms with Crippen LogP contribution in [0.2, 0.25) is 0 Å². The van der Waals surface area contributed by atoms with E-state index in [0.717, 1.165) is 25.2 Å². The van der Waals surface area contributed by atoms with Crippen LogP contribution < -0.4 is 4.90 Å². The zero-order valence-corrected chi connectivity index (χ0v) is 19.1. The number of hydrogen-bond donors (Lipinski definition) is 0. The fourth-order valence-corrected chi connectivity index (χ4v) is 6.24. The SMILES string of the molecule is CC1CC(C)CN(C(=O)c2cccc(S(=O)(=O)N3CCN(c4ccccc4)CC3)c2)C1. The summed E-state index contributed by atoms with van der Waals surface area (Å²) in [6.07, 6.45) is 1.12. The summed E-state index contributed by atoms with van der Waals surface area (Å²) >= 11 is 0. The molecule has 2 aromatic carbocycles. The molecule has 0 bridgehead atoms. The van der Waals surface area contributed by atoms with E-state index in [1.807, 2.05) is 35.2 Å². The van der Waals surface area contributed by atoms with Gasteiger partial charge in [-0.05, 0) is 48.6 Å². The molecule has 0 aliphatic carbocycles. The Bertz CT molecular complexity index is 1010. The molecule has 2 aliphatic heterocycles. The van der Waals surface area contributed by atoms with Gasteiger partial charge in [0.25, 0.3) is 5.91 Å². The summed E-state index contributed by atoms with van der Waals surface area (Å²) in [6.45, 7) is 7.91. The van der Waals surface area contributed by atoms with Crippen molar-refractivity contribution in [1.29, 1.82) is 0 Å². The highest BCUT2D eigenvalue weighted by Gasteiger charge is 2.30. The van der Waals surface area contributed by atoms with Crippen molar-refractivity contribution in [2.75, 3.05) is 44.2 Å². The number of anilines is 1. The second-order valence-corrected chi connectivity index (χ2v) is 10.8. The summed E-state index contributed by atoms with van der Waals surface area (Å²) in [4.78, 5) is 17.3. The van der Waals surface area contributed by atoms with Crippen LogP contribution in [0.4, 0.5) is 5.69 Å². The van der Waals surface area contributed by atoms with Crippen molar-refractivity contribution in [3.8, 4) is 0 Å². The first-order valence-electron chi connectivity index (χ1n) is 11.0. The minimum Gasteiger partial charge on any atom is -0.369 e. The van der Waals surface area contributed by atoms with E-state index in [1.165, 1.54) is 4.31 Å². The smallest absolute Gasteiger partial charge is 0.253 e. The van der Waals surface area contributed by atoms with Crippen LogP contribution in [0.15, 0.2) is 59.5 Å². The van der Waals surface area contributed by atoms with Crippen LogP contribution in [0, 0.1) is 11.8 Å². The van der Waals surface area contributed by atoms with Crippen LogP contribution in [0.3, 0.4) is 0 Å². The molecule has 0 saturated carbocycles. The van der Waals surface area contributed by atoms with Gasteiger partial charge in [-0.1, -0.05) is 38.1 Å². The molecule has 4 rings (SSSR count). The Kier molecular flexibility index (Phi) is 6.34. The first kappa shape index (κ1) is 21.8. The highest BCUT2D eigenvalue weighted by Crippen LogP contribution is 2.25. The van der Waals surface area contributed by atoms with Crippen LogP contribution in [0.5, 0.6) is 0 Å². The average molecular weight is 442 g/mol. The lowest BCUT2D eigenvalue weighted by molar-refractivity contribution is 0.0623. The monoisotopic (exact) mass is 441 g/mol. The Morgan fingerprint density at radius 3 is 2.16 bits per heavy atom. The second-order valence-electron chi connectivity index (χ2n) is 8.91. The molecular formula is C24H31N3O3S. The minimum absolute atomic E-state index is 0.0793. The number of piperazine rings is 1. The molecule has 166 valence electrons. The minimum atomic E-state index is -3.64. The van der Waals surface area contributed by atoms with E-state index >= 15 is 0 Å². The number of amides is 1. The van der Waals surface area contributed by atoms with Gasteiger partial charge in [0, 0.05) is 50.5 Å². The van der Waals surface area contributed by atoms with Crippen LogP contribution in [-0.2, 0) is 10.0 Å². The molecule has 0 spiro atoms. The van der Waals surface area contributed by atoms with Gasteiger partial charge in [-0.3, -0.25) is 4.79 Å². The second kappa shape index (κ2) is 9.01. The Labute approximate surface area is 185 Å². The Morgan fingerprint density at radius 1 is 0.871 bits per heavy atom. The lowest BCUT2D eigenvalue weighted by atomic mass is 9.91. The van der Waals surface area contributed by atoms with Crippen molar-refractivity contribution in [2.45, 2.75) is 25.2 Å². The lowest BCUT2D eigenvalue weighted by Crippen LogP contribution is -2.48. The summed E-state index contributed by atoms with van der Waals surface area (Å²) in [7, 11) is -3.64. The van der Waals surface area contributed by atoms with E-state index in [4.69, 9.17) is 0 Å². The van der Waals surface area contributed by atoms with Crippen molar-refractivity contribution in [1.82, 2.24) is 9.21 Å². The van der Waals surface area contributed by atoms with Gasteiger partial charge in [0.05, 0.1) is 4.90 Å². The summed E-state index contributed by atoms with van der Waals surface area (Å²) < 4.78 is 28.1. The largest absolute Gasteiger partial charge is 0.369 e. The first-order chi connectivity index (χ1) is 14.8. The molecule has 2 aromatic rings. The normalized spacial score (nSPS) is 23.0.